The van der Waals surface area contributed by atoms with E-state index in [4.69, 9.17) is 13.9 Å². The van der Waals surface area contributed by atoms with E-state index < -0.39 is 8.32 Å². The molecule has 4 nitrogen and oxygen atoms in total. The molecule has 0 unspecified atom stereocenters. The molecule has 0 spiro atoms. The molecule has 5 heteroatoms. The van der Waals surface area contributed by atoms with Gasteiger partial charge in [0.2, 0.25) is 0 Å². The van der Waals surface area contributed by atoms with Gasteiger partial charge in [-0.2, -0.15) is 0 Å². The van der Waals surface area contributed by atoms with E-state index in [-0.39, 0.29) is 17.7 Å². The van der Waals surface area contributed by atoms with Crippen molar-refractivity contribution < 1.29 is 19.0 Å². The molecule has 0 radical (unpaired) electrons. The molecule has 142 valence electrons. The standard InChI is InChI=1S/C20H34O4Si/c1-16(14-21)19(24-25(6,7)20(2,3)4)12-13-23-15-17-8-10-18(22-5)11-9-17/h8-11,19,21H,1,12-15H2,2-7H3/t19-/m1/s1. The molecular formula is C20H34O4Si. The summed E-state index contributed by atoms with van der Waals surface area (Å²) in [7, 11) is -0.268. The van der Waals surface area contributed by atoms with Crippen LogP contribution in [-0.2, 0) is 15.8 Å². The lowest BCUT2D eigenvalue weighted by molar-refractivity contribution is 0.0846. The molecule has 0 heterocycles. The highest BCUT2D eigenvalue weighted by Gasteiger charge is 2.39. The minimum Gasteiger partial charge on any atom is -0.497 e. The van der Waals surface area contributed by atoms with Gasteiger partial charge in [-0.1, -0.05) is 39.5 Å². The van der Waals surface area contributed by atoms with Crippen molar-refractivity contribution in [1.82, 2.24) is 0 Å². The highest BCUT2D eigenvalue weighted by molar-refractivity contribution is 6.74. The van der Waals surface area contributed by atoms with Gasteiger partial charge in [-0.05, 0) is 47.8 Å². The fourth-order valence-corrected chi connectivity index (χ4v) is 3.43. The maximum absolute atomic E-state index is 9.47. The third kappa shape index (κ3) is 6.94. The molecule has 1 aromatic rings. The Labute approximate surface area is 153 Å². The van der Waals surface area contributed by atoms with E-state index in [1.165, 1.54) is 0 Å². The lowest BCUT2D eigenvalue weighted by Gasteiger charge is -2.39. The van der Waals surface area contributed by atoms with Gasteiger partial charge >= 0.3 is 0 Å². The minimum absolute atomic E-state index is 0.0578. The van der Waals surface area contributed by atoms with Gasteiger partial charge in [-0.25, -0.2) is 0 Å². The average Bonchev–Trinajstić information content (AvgIpc) is 2.56. The Hall–Kier alpha value is -1.14. The molecule has 0 amide bonds. The zero-order valence-corrected chi connectivity index (χ0v) is 17.6. The first kappa shape index (κ1) is 21.9. The van der Waals surface area contributed by atoms with E-state index in [1.807, 2.05) is 24.3 Å². The van der Waals surface area contributed by atoms with Crippen LogP contribution < -0.4 is 4.74 Å². The van der Waals surface area contributed by atoms with E-state index in [0.717, 1.165) is 16.9 Å². The van der Waals surface area contributed by atoms with Crippen molar-refractivity contribution >= 4 is 8.32 Å². The summed E-state index contributed by atoms with van der Waals surface area (Å²) in [6, 6.07) is 7.84. The Bertz CT molecular complexity index is 532. The van der Waals surface area contributed by atoms with Crippen molar-refractivity contribution in [3.8, 4) is 5.75 Å². The van der Waals surface area contributed by atoms with E-state index >= 15 is 0 Å². The van der Waals surface area contributed by atoms with Crippen LogP contribution in [-0.4, -0.2) is 39.9 Å². The smallest absolute Gasteiger partial charge is 0.192 e. The summed E-state index contributed by atoms with van der Waals surface area (Å²) < 4.78 is 17.4. The lowest BCUT2D eigenvalue weighted by Crippen LogP contribution is -2.44. The SMILES string of the molecule is C=C(CO)[C@@H](CCOCc1ccc(OC)cc1)O[Si](C)(C)C(C)(C)C. The Morgan fingerprint density at radius 3 is 2.28 bits per heavy atom. The van der Waals surface area contributed by atoms with Crippen molar-refractivity contribution in [1.29, 1.82) is 0 Å². The molecule has 1 atom stereocenters. The third-order valence-electron chi connectivity index (χ3n) is 4.85. The van der Waals surface area contributed by atoms with Crippen LogP contribution in [0.5, 0.6) is 5.75 Å². The molecule has 1 N–H and O–H groups in total. The van der Waals surface area contributed by atoms with E-state index in [9.17, 15) is 5.11 Å². The Kier molecular flexibility index (Phi) is 8.34. The molecule has 1 rings (SSSR count). The normalized spacial score (nSPS) is 13.6. The van der Waals surface area contributed by atoms with Crippen molar-refractivity contribution in [2.45, 2.75) is 58.0 Å². The number of benzene rings is 1. The highest BCUT2D eigenvalue weighted by atomic mass is 28.4. The number of aliphatic hydroxyl groups excluding tert-OH is 1. The number of ether oxygens (including phenoxy) is 2. The quantitative estimate of drug-likeness (QED) is 0.375. The summed E-state index contributed by atoms with van der Waals surface area (Å²) in [6.45, 7) is 16.1. The lowest BCUT2D eigenvalue weighted by atomic mass is 10.1. The van der Waals surface area contributed by atoms with Crippen LogP contribution >= 0.6 is 0 Å². The zero-order chi connectivity index (χ0) is 19.1. The molecule has 25 heavy (non-hydrogen) atoms. The van der Waals surface area contributed by atoms with Crippen LogP contribution in [0, 0.1) is 0 Å². The minimum atomic E-state index is -1.92. The number of aliphatic hydroxyl groups is 1. The van der Waals surface area contributed by atoms with Gasteiger partial charge in [0.25, 0.3) is 0 Å². The molecular weight excluding hydrogens is 332 g/mol. The Morgan fingerprint density at radius 1 is 1.20 bits per heavy atom. The molecule has 0 fully saturated rings. The average molecular weight is 367 g/mol. The molecule has 0 saturated heterocycles. The van der Waals surface area contributed by atoms with Gasteiger partial charge in [0.05, 0.1) is 26.4 Å². The summed E-state index contributed by atoms with van der Waals surface area (Å²) in [4.78, 5) is 0. The van der Waals surface area contributed by atoms with Gasteiger partial charge in [0.1, 0.15) is 5.75 Å². The first-order valence-corrected chi connectivity index (χ1v) is 11.7. The predicted octanol–water partition coefficient (Wildman–Crippen LogP) is 4.54. The number of hydrogen-bond donors (Lipinski definition) is 1. The van der Waals surface area contributed by atoms with Crippen molar-refractivity contribution in [3.05, 3.63) is 42.0 Å². The molecule has 0 aliphatic carbocycles. The number of methoxy groups -OCH3 is 1. The van der Waals surface area contributed by atoms with Crippen LogP contribution in [0.4, 0.5) is 0 Å². The first-order valence-electron chi connectivity index (χ1n) is 8.77. The first-order chi connectivity index (χ1) is 11.6. The van der Waals surface area contributed by atoms with E-state index in [0.29, 0.717) is 19.6 Å². The molecule has 1 aromatic carbocycles. The molecule has 0 saturated carbocycles. The van der Waals surface area contributed by atoms with Crippen molar-refractivity contribution in [2.75, 3.05) is 20.3 Å². The van der Waals surface area contributed by atoms with Crippen LogP contribution in [0.25, 0.3) is 0 Å². The summed E-state index contributed by atoms with van der Waals surface area (Å²) in [6.07, 6.45) is 0.531. The summed E-state index contributed by atoms with van der Waals surface area (Å²) >= 11 is 0. The van der Waals surface area contributed by atoms with Crippen LogP contribution in [0.2, 0.25) is 18.1 Å². The molecule has 0 aromatic heterocycles. The highest BCUT2D eigenvalue weighted by Crippen LogP contribution is 2.38. The summed E-state index contributed by atoms with van der Waals surface area (Å²) in [5, 5.41) is 9.59. The maximum atomic E-state index is 9.47. The molecule has 0 bridgehead atoms. The monoisotopic (exact) mass is 366 g/mol. The van der Waals surface area contributed by atoms with Gasteiger partial charge < -0.3 is 19.0 Å². The molecule has 0 aliphatic rings. The van der Waals surface area contributed by atoms with E-state index in [2.05, 4.69) is 40.4 Å². The van der Waals surface area contributed by atoms with Gasteiger partial charge in [-0.3, -0.25) is 0 Å². The summed E-state index contributed by atoms with van der Waals surface area (Å²) in [5.74, 6) is 0.839. The van der Waals surface area contributed by atoms with Gasteiger partial charge in [0.15, 0.2) is 8.32 Å². The Balaban J connectivity index is 2.54. The summed E-state index contributed by atoms with van der Waals surface area (Å²) in [5.41, 5.74) is 1.82. The van der Waals surface area contributed by atoms with Crippen LogP contribution in [0.15, 0.2) is 36.4 Å². The Morgan fingerprint density at radius 2 is 1.80 bits per heavy atom. The van der Waals surface area contributed by atoms with Crippen LogP contribution in [0.3, 0.4) is 0 Å². The third-order valence-corrected chi connectivity index (χ3v) is 9.34. The second-order valence-corrected chi connectivity index (χ2v) is 12.6. The van der Waals surface area contributed by atoms with Gasteiger partial charge in [-0.15, -0.1) is 0 Å². The predicted molar refractivity (Wildman–Crippen MR) is 106 cm³/mol. The molecule has 0 aliphatic heterocycles. The van der Waals surface area contributed by atoms with Crippen molar-refractivity contribution in [2.24, 2.45) is 0 Å². The second-order valence-electron chi connectivity index (χ2n) is 7.87. The van der Waals surface area contributed by atoms with Crippen molar-refractivity contribution in [3.63, 3.8) is 0 Å². The number of hydrogen-bond acceptors (Lipinski definition) is 4. The van der Waals surface area contributed by atoms with E-state index in [1.54, 1.807) is 7.11 Å². The largest absolute Gasteiger partial charge is 0.497 e. The topological polar surface area (TPSA) is 47.9 Å². The zero-order valence-electron chi connectivity index (χ0n) is 16.6. The number of rotatable bonds is 10. The fraction of sp³-hybridized carbons (Fsp3) is 0.600. The second kappa shape index (κ2) is 9.53. The van der Waals surface area contributed by atoms with Crippen LogP contribution in [0.1, 0.15) is 32.8 Å². The maximum Gasteiger partial charge on any atom is 0.192 e. The fourth-order valence-electron chi connectivity index (χ4n) is 2.08. The van der Waals surface area contributed by atoms with Gasteiger partial charge in [0, 0.05) is 6.61 Å².